The lowest BCUT2D eigenvalue weighted by Gasteiger charge is -2.43. The summed E-state index contributed by atoms with van der Waals surface area (Å²) in [6.45, 7) is 16.3. The van der Waals surface area contributed by atoms with Crippen molar-refractivity contribution in [3.8, 4) is 11.3 Å². The van der Waals surface area contributed by atoms with Crippen molar-refractivity contribution in [3.63, 3.8) is 0 Å². The summed E-state index contributed by atoms with van der Waals surface area (Å²) in [5.74, 6) is 0.650. The zero-order chi connectivity index (χ0) is 26.5. The molecular weight excluding hydrogens is 454 g/mol. The van der Waals surface area contributed by atoms with E-state index in [0.29, 0.717) is 18.2 Å². The Kier molecular flexibility index (Phi) is 6.58. The van der Waals surface area contributed by atoms with Crippen LogP contribution in [-0.2, 0) is 19.4 Å². The van der Waals surface area contributed by atoms with Crippen LogP contribution in [0.3, 0.4) is 0 Å². The molecule has 2 bridgehead atoms. The zero-order valence-corrected chi connectivity index (χ0v) is 23.7. The molecule has 3 aromatic rings. The maximum atomic E-state index is 13.9. The molecule has 5 rings (SSSR count). The van der Waals surface area contributed by atoms with Crippen molar-refractivity contribution in [1.29, 1.82) is 0 Å². The van der Waals surface area contributed by atoms with Crippen molar-refractivity contribution in [1.82, 2.24) is 15.1 Å². The van der Waals surface area contributed by atoms with Crippen molar-refractivity contribution in [2.75, 3.05) is 0 Å². The molecule has 1 N–H and O–H groups in total. The lowest BCUT2D eigenvalue weighted by Crippen LogP contribution is -2.52. The van der Waals surface area contributed by atoms with Crippen LogP contribution in [0, 0.1) is 30.6 Å². The number of aryl methyl sites for hydroxylation is 3. The molecule has 3 unspecified atom stereocenters. The normalized spacial score (nSPS) is 24.0. The van der Waals surface area contributed by atoms with Gasteiger partial charge in [-0.05, 0) is 91.0 Å². The third-order valence-corrected chi connectivity index (χ3v) is 9.72. The molecule has 2 saturated carbocycles. The van der Waals surface area contributed by atoms with Crippen LogP contribution in [0.15, 0.2) is 42.5 Å². The Balaban J connectivity index is 1.53. The van der Waals surface area contributed by atoms with E-state index in [1.54, 1.807) is 0 Å². The van der Waals surface area contributed by atoms with Gasteiger partial charge in [0, 0.05) is 17.2 Å². The first kappa shape index (κ1) is 25.8. The fraction of sp³-hybridized carbons (Fsp3) is 0.515. The van der Waals surface area contributed by atoms with Crippen LogP contribution in [0.5, 0.6) is 0 Å². The molecule has 1 amide bonds. The molecule has 0 saturated heterocycles. The van der Waals surface area contributed by atoms with Crippen molar-refractivity contribution in [2.24, 2.45) is 16.7 Å². The SMILES string of the molecule is CCc1ccc(Cn2nc(C(=O)NC3C4(C)CCC(C4)C3(C)C)c(C)c2-c2ccc(C)c(CC)c2)cc1. The Labute approximate surface area is 222 Å². The van der Waals surface area contributed by atoms with E-state index < -0.39 is 0 Å². The summed E-state index contributed by atoms with van der Waals surface area (Å²) in [7, 11) is 0. The third-order valence-electron chi connectivity index (χ3n) is 9.72. The van der Waals surface area contributed by atoms with Crippen LogP contribution >= 0.6 is 0 Å². The highest BCUT2D eigenvalue weighted by Gasteiger charge is 2.59. The van der Waals surface area contributed by atoms with Gasteiger partial charge in [0.05, 0.1) is 12.2 Å². The fourth-order valence-corrected chi connectivity index (χ4v) is 7.36. The van der Waals surface area contributed by atoms with E-state index in [1.807, 2.05) is 4.68 Å². The molecule has 4 nitrogen and oxygen atoms in total. The molecule has 0 radical (unpaired) electrons. The highest BCUT2D eigenvalue weighted by atomic mass is 16.2. The topological polar surface area (TPSA) is 46.9 Å². The van der Waals surface area contributed by atoms with Gasteiger partial charge in [0.2, 0.25) is 0 Å². The molecule has 2 fully saturated rings. The summed E-state index contributed by atoms with van der Waals surface area (Å²) in [6.07, 6.45) is 5.69. The number of fused-ring (bicyclic) bond motifs is 2. The minimum atomic E-state index is -0.0338. The van der Waals surface area contributed by atoms with E-state index in [9.17, 15) is 4.79 Å². The quantitative estimate of drug-likeness (QED) is 0.373. The van der Waals surface area contributed by atoms with Crippen LogP contribution in [-0.4, -0.2) is 21.7 Å². The maximum absolute atomic E-state index is 13.9. The number of carbonyl (C=O) groups is 1. The molecule has 0 aliphatic heterocycles. The van der Waals surface area contributed by atoms with E-state index >= 15 is 0 Å². The van der Waals surface area contributed by atoms with Gasteiger partial charge in [-0.3, -0.25) is 9.48 Å². The predicted molar refractivity (Wildman–Crippen MR) is 152 cm³/mol. The van der Waals surface area contributed by atoms with Gasteiger partial charge in [-0.2, -0.15) is 5.10 Å². The molecule has 3 atom stereocenters. The highest BCUT2D eigenvalue weighted by molar-refractivity contribution is 5.96. The third kappa shape index (κ3) is 4.43. The second kappa shape index (κ2) is 9.45. The van der Waals surface area contributed by atoms with Gasteiger partial charge < -0.3 is 5.32 Å². The summed E-state index contributed by atoms with van der Waals surface area (Å²) in [6, 6.07) is 15.6. The van der Waals surface area contributed by atoms with E-state index in [0.717, 1.165) is 29.7 Å². The number of benzene rings is 2. The number of amides is 1. The van der Waals surface area contributed by atoms with Crippen LogP contribution < -0.4 is 5.32 Å². The molecule has 1 aromatic heterocycles. The molecular formula is C33H43N3O. The monoisotopic (exact) mass is 497 g/mol. The standard InChI is InChI=1S/C33H43N3O/c1-8-23-11-13-24(14-12-23)20-36-29(26-15-10-21(3)25(9-2)18-26)22(4)28(35-36)30(37)34-31-32(5,6)27-16-17-33(31,7)19-27/h10-15,18,27,31H,8-9,16-17,19-20H2,1-7H3,(H,34,37). The summed E-state index contributed by atoms with van der Waals surface area (Å²) >= 11 is 0. The van der Waals surface area contributed by atoms with Crippen LogP contribution in [0.1, 0.15) is 92.2 Å². The number of nitrogens with zero attached hydrogens (tertiary/aromatic N) is 2. The fourth-order valence-electron chi connectivity index (χ4n) is 7.36. The second-order valence-corrected chi connectivity index (χ2v) is 12.5. The first-order valence-electron chi connectivity index (χ1n) is 14.1. The number of nitrogens with one attached hydrogen (secondary N) is 1. The van der Waals surface area contributed by atoms with Gasteiger partial charge in [-0.1, -0.05) is 71.0 Å². The molecule has 1 heterocycles. The highest BCUT2D eigenvalue weighted by Crippen LogP contribution is 2.62. The second-order valence-electron chi connectivity index (χ2n) is 12.5. The largest absolute Gasteiger partial charge is 0.347 e. The summed E-state index contributed by atoms with van der Waals surface area (Å²) in [5, 5.41) is 8.47. The lowest BCUT2D eigenvalue weighted by atomic mass is 9.68. The van der Waals surface area contributed by atoms with Crippen molar-refractivity contribution in [2.45, 2.75) is 93.2 Å². The Morgan fingerprint density at radius 2 is 1.73 bits per heavy atom. The molecule has 2 aromatic carbocycles. The Morgan fingerprint density at radius 3 is 2.35 bits per heavy atom. The predicted octanol–water partition coefficient (Wildman–Crippen LogP) is 7.28. The van der Waals surface area contributed by atoms with Crippen LogP contribution in [0.4, 0.5) is 0 Å². The number of hydrogen-bond acceptors (Lipinski definition) is 2. The van der Waals surface area contributed by atoms with Crippen LogP contribution in [0.2, 0.25) is 0 Å². The van der Waals surface area contributed by atoms with Gasteiger partial charge >= 0.3 is 0 Å². The van der Waals surface area contributed by atoms with E-state index in [-0.39, 0.29) is 22.8 Å². The minimum absolute atomic E-state index is 0.0338. The Hall–Kier alpha value is -2.88. The van der Waals surface area contributed by atoms with Gasteiger partial charge in [-0.25, -0.2) is 0 Å². The van der Waals surface area contributed by atoms with E-state index in [4.69, 9.17) is 5.10 Å². The molecule has 37 heavy (non-hydrogen) atoms. The summed E-state index contributed by atoms with van der Waals surface area (Å²) in [4.78, 5) is 13.9. The maximum Gasteiger partial charge on any atom is 0.272 e. The van der Waals surface area contributed by atoms with Gasteiger partial charge in [0.1, 0.15) is 0 Å². The number of carbonyl (C=O) groups excluding carboxylic acids is 1. The minimum Gasteiger partial charge on any atom is -0.347 e. The number of hydrogen-bond donors (Lipinski definition) is 1. The molecule has 0 spiro atoms. The molecule has 4 heteroatoms. The van der Waals surface area contributed by atoms with Crippen molar-refractivity contribution < 1.29 is 4.79 Å². The summed E-state index contributed by atoms with van der Waals surface area (Å²) < 4.78 is 2.04. The molecule has 2 aliphatic carbocycles. The molecule has 196 valence electrons. The number of aromatic nitrogens is 2. The smallest absolute Gasteiger partial charge is 0.272 e. The Bertz CT molecular complexity index is 1310. The first-order valence-corrected chi connectivity index (χ1v) is 14.1. The summed E-state index contributed by atoms with van der Waals surface area (Å²) in [5.41, 5.74) is 9.12. The van der Waals surface area contributed by atoms with Gasteiger partial charge in [-0.15, -0.1) is 0 Å². The lowest BCUT2D eigenvalue weighted by molar-refractivity contribution is 0.0732. The van der Waals surface area contributed by atoms with Crippen LogP contribution in [0.25, 0.3) is 11.3 Å². The van der Waals surface area contributed by atoms with E-state index in [2.05, 4.69) is 96.2 Å². The first-order chi connectivity index (χ1) is 17.6. The average Bonchev–Trinajstić information content (AvgIpc) is 3.49. The average molecular weight is 498 g/mol. The van der Waals surface area contributed by atoms with Gasteiger partial charge in [0.25, 0.3) is 5.91 Å². The molecule has 2 aliphatic rings. The van der Waals surface area contributed by atoms with Gasteiger partial charge in [0.15, 0.2) is 5.69 Å². The zero-order valence-electron chi connectivity index (χ0n) is 23.7. The Morgan fingerprint density at radius 1 is 1.03 bits per heavy atom. The van der Waals surface area contributed by atoms with E-state index in [1.165, 1.54) is 41.5 Å². The van der Waals surface area contributed by atoms with Crippen molar-refractivity contribution >= 4 is 5.91 Å². The number of rotatable bonds is 7. The van der Waals surface area contributed by atoms with Crippen molar-refractivity contribution in [3.05, 3.63) is 76.0 Å².